The van der Waals surface area contributed by atoms with Gasteiger partial charge in [0.15, 0.2) is 0 Å². The van der Waals surface area contributed by atoms with Gasteiger partial charge in [-0.15, -0.1) is 0 Å². The second-order valence-corrected chi connectivity index (χ2v) is 4.07. The molecule has 1 unspecified atom stereocenters. The third kappa shape index (κ3) is 4.53. The highest BCUT2D eigenvalue weighted by atomic mass is 19.1. The maximum Gasteiger partial charge on any atom is 0.251 e. The summed E-state index contributed by atoms with van der Waals surface area (Å²) in [4.78, 5) is 23.0. The van der Waals surface area contributed by atoms with Crippen LogP contribution in [0.3, 0.4) is 0 Å². The van der Waals surface area contributed by atoms with Crippen LogP contribution in [-0.2, 0) is 4.79 Å². The van der Waals surface area contributed by atoms with Gasteiger partial charge in [-0.2, -0.15) is 0 Å². The Kier molecular flexibility index (Phi) is 5.30. The monoisotopic (exact) mass is 252 g/mol. The van der Waals surface area contributed by atoms with E-state index in [0.717, 1.165) is 6.42 Å². The molecule has 2 amide bonds. The van der Waals surface area contributed by atoms with Crippen molar-refractivity contribution in [2.75, 3.05) is 6.54 Å². The van der Waals surface area contributed by atoms with E-state index in [1.807, 2.05) is 13.8 Å². The summed E-state index contributed by atoms with van der Waals surface area (Å²) in [6, 6.07) is 5.23. The molecule has 2 N–H and O–H groups in total. The molecule has 0 spiro atoms. The minimum Gasteiger partial charge on any atom is -0.352 e. The molecule has 1 aromatic carbocycles. The van der Waals surface area contributed by atoms with Gasteiger partial charge in [0.1, 0.15) is 5.82 Å². The van der Waals surface area contributed by atoms with E-state index in [0.29, 0.717) is 5.56 Å². The quantitative estimate of drug-likeness (QED) is 0.833. The van der Waals surface area contributed by atoms with Crippen molar-refractivity contribution in [3.05, 3.63) is 35.6 Å². The minimum absolute atomic E-state index is 0.0828. The van der Waals surface area contributed by atoms with E-state index in [-0.39, 0.29) is 18.5 Å². The standard InChI is InChI=1S/C13H17FN2O2/c1-3-9(2)16-12(17)8-15-13(18)10-4-6-11(14)7-5-10/h4-7,9H,3,8H2,1-2H3,(H,15,18)(H,16,17). The van der Waals surface area contributed by atoms with E-state index in [4.69, 9.17) is 0 Å². The number of hydrogen-bond acceptors (Lipinski definition) is 2. The molecule has 5 heteroatoms. The first-order chi connectivity index (χ1) is 8.52. The van der Waals surface area contributed by atoms with E-state index in [9.17, 15) is 14.0 Å². The van der Waals surface area contributed by atoms with E-state index >= 15 is 0 Å². The zero-order valence-electron chi connectivity index (χ0n) is 10.5. The fourth-order valence-corrected chi connectivity index (χ4v) is 1.29. The van der Waals surface area contributed by atoms with Crippen molar-refractivity contribution in [2.45, 2.75) is 26.3 Å². The molecule has 0 aromatic heterocycles. The van der Waals surface area contributed by atoms with Crippen molar-refractivity contribution in [3.8, 4) is 0 Å². The molecule has 0 fully saturated rings. The van der Waals surface area contributed by atoms with Crippen LogP contribution in [-0.4, -0.2) is 24.4 Å². The Morgan fingerprint density at radius 1 is 1.28 bits per heavy atom. The summed E-state index contributed by atoms with van der Waals surface area (Å²) >= 11 is 0. The van der Waals surface area contributed by atoms with Crippen LogP contribution in [0, 0.1) is 5.82 Å². The molecular formula is C13H17FN2O2. The third-order valence-electron chi connectivity index (χ3n) is 2.54. The highest BCUT2D eigenvalue weighted by Gasteiger charge is 2.09. The molecule has 0 saturated carbocycles. The van der Waals surface area contributed by atoms with Gasteiger partial charge in [0, 0.05) is 11.6 Å². The van der Waals surface area contributed by atoms with Crippen molar-refractivity contribution in [3.63, 3.8) is 0 Å². The molecule has 1 rings (SSSR count). The molecule has 0 heterocycles. The number of amides is 2. The SMILES string of the molecule is CCC(C)NC(=O)CNC(=O)c1ccc(F)cc1. The van der Waals surface area contributed by atoms with Gasteiger partial charge in [-0.3, -0.25) is 9.59 Å². The number of nitrogens with one attached hydrogen (secondary N) is 2. The summed E-state index contributed by atoms with van der Waals surface area (Å²) in [7, 11) is 0. The van der Waals surface area contributed by atoms with E-state index < -0.39 is 11.7 Å². The van der Waals surface area contributed by atoms with Crippen LogP contribution in [0.4, 0.5) is 4.39 Å². The minimum atomic E-state index is -0.402. The second kappa shape index (κ2) is 6.74. The lowest BCUT2D eigenvalue weighted by molar-refractivity contribution is -0.120. The van der Waals surface area contributed by atoms with E-state index in [1.165, 1.54) is 24.3 Å². The van der Waals surface area contributed by atoms with Crippen LogP contribution in [0.25, 0.3) is 0 Å². The average Bonchev–Trinajstić information content (AvgIpc) is 2.36. The first-order valence-corrected chi connectivity index (χ1v) is 5.86. The van der Waals surface area contributed by atoms with Crippen molar-refractivity contribution in [1.82, 2.24) is 10.6 Å². The van der Waals surface area contributed by atoms with Gasteiger partial charge in [-0.25, -0.2) is 4.39 Å². The summed E-state index contributed by atoms with van der Waals surface area (Å²) in [5.74, 6) is -1.03. The molecule has 0 bridgehead atoms. The Bertz CT molecular complexity index is 418. The molecule has 4 nitrogen and oxygen atoms in total. The largest absolute Gasteiger partial charge is 0.352 e. The topological polar surface area (TPSA) is 58.2 Å². The normalized spacial score (nSPS) is 11.7. The molecule has 0 aliphatic heterocycles. The first-order valence-electron chi connectivity index (χ1n) is 5.86. The predicted molar refractivity (Wildman–Crippen MR) is 66.6 cm³/mol. The summed E-state index contributed by atoms with van der Waals surface area (Å²) in [6.45, 7) is 3.77. The lowest BCUT2D eigenvalue weighted by Crippen LogP contribution is -2.40. The predicted octanol–water partition coefficient (Wildman–Crippen LogP) is 1.47. The summed E-state index contributed by atoms with van der Waals surface area (Å²) < 4.78 is 12.7. The highest BCUT2D eigenvalue weighted by Crippen LogP contribution is 2.02. The number of carbonyl (C=O) groups is 2. The highest BCUT2D eigenvalue weighted by molar-refractivity contribution is 5.96. The maximum atomic E-state index is 12.7. The van der Waals surface area contributed by atoms with Gasteiger partial charge in [-0.05, 0) is 37.6 Å². The van der Waals surface area contributed by atoms with Crippen molar-refractivity contribution < 1.29 is 14.0 Å². The second-order valence-electron chi connectivity index (χ2n) is 4.07. The van der Waals surface area contributed by atoms with Crippen molar-refractivity contribution >= 4 is 11.8 Å². The molecule has 0 saturated heterocycles. The Hall–Kier alpha value is -1.91. The third-order valence-corrected chi connectivity index (χ3v) is 2.54. The molecule has 0 radical (unpaired) electrons. The first kappa shape index (κ1) is 14.2. The Balaban J connectivity index is 2.41. The Labute approximate surface area is 106 Å². The zero-order chi connectivity index (χ0) is 13.5. The van der Waals surface area contributed by atoms with Crippen LogP contribution in [0.5, 0.6) is 0 Å². The van der Waals surface area contributed by atoms with Crippen LogP contribution in [0.15, 0.2) is 24.3 Å². The van der Waals surface area contributed by atoms with Gasteiger partial charge in [0.25, 0.3) is 5.91 Å². The number of hydrogen-bond donors (Lipinski definition) is 2. The van der Waals surface area contributed by atoms with E-state index in [2.05, 4.69) is 10.6 Å². The van der Waals surface area contributed by atoms with Crippen LogP contribution in [0.1, 0.15) is 30.6 Å². The molecule has 0 aliphatic carbocycles. The van der Waals surface area contributed by atoms with E-state index in [1.54, 1.807) is 0 Å². The Morgan fingerprint density at radius 2 is 1.89 bits per heavy atom. The molecular weight excluding hydrogens is 235 g/mol. The van der Waals surface area contributed by atoms with Gasteiger partial charge in [0.2, 0.25) is 5.91 Å². The molecule has 0 aliphatic rings. The summed E-state index contributed by atoms with van der Waals surface area (Å²) in [5, 5.41) is 5.21. The number of carbonyl (C=O) groups excluding carboxylic acids is 2. The van der Waals surface area contributed by atoms with Gasteiger partial charge in [0.05, 0.1) is 6.54 Å². The fourth-order valence-electron chi connectivity index (χ4n) is 1.29. The lowest BCUT2D eigenvalue weighted by atomic mass is 10.2. The summed E-state index contributed by atoms with van der Waals surface area (Å²) in [5.41, 5.74) is 0.327. The van der Waals surface area contributed by atoms with Gasteiger partial charge in [-0.1, -0.05) is 6.92 Å². The molecule has 18 heavy (non-hydrogen) atoms. The number of benzene rings is 1. The van der Waals surface area contributed by atoms with Crippen LogP contribution in [0.2, 0.25) is 0 Å². The fraction of sp³-hybridized carbons (Fsp3) is 0.385. The zero-order valence-corrected chi connectivity index (χ0v) is 10.5. The van der Waals surface area contributed by atoms with Crippen molar-refractivity contribution in [2.24, 2.45) is 0 Å². The van der Waals surface area contributed by atoms with Crippen molar-refractivity contribution in [1.29, 1.82) is 0 Å². The smallest absolute Gasteiger partial charge is 0.251 e. The molecule has 1 aromatic rings. The lowest BCUT2D eigenvalue weighted by Gasteiger charge is -2.11. The number of halogens is 1. The maximum absolute atomic E-state index is 12.7. The summed E-state index contributed by atoms with van der Waals surface area (Å²) in [6.07, 6.45) is 0.831. The molecule has 98 valence electrons. The van der Waals surface area contributed by atoms with Crippen LogP contribution < -0.4 is 10.6 Å². The Morgan fingerprint density at radius 3 is 2.44 bits per heavy atom. The van der Waals surface area contributed by atoms with Crippen LogP contribution >= 0.6 is 0 Å². The number of rotatable bonds is 5. The molecule has 1 atom stereocenters. The van der Waals surface area contributed by atoms with Gasteiger partial charge < -0.3 is 10.6 Å². The van der Waals surface area contributed by atoms with Gasteiger partial charge >= 0.3 is 0 Å². The average molecular weight is 252 g/mol.